The normalized spacial score (nSPS) is 10.1. The van der Waals surface area contributed by atoms with Crippen LogP contribution in [0.3, 0.4) is 0 Å². The van der Waals surface area contributed by atoms with Gasteiger partial charge in [-0.25, -0.2) is 0 Å². The maximum atomic E-state index is 5.31. The molecule has 0 aromatic rings. The summed E-state index contributed by atoms with van der Waals surface area (Å²) < 4.78 is 30.7. The van der Waals surface area contributed by atoms with Crippen molar-refractivity contribution in [3.8, 4) is 0 Å². The summed E-state index contributed by atoms with van der Waals surface area (Å²) in [4.78, 5) is 0. The first-order valence-electron chi connectivity index (χ1n) is 5.70. The zero-order valence-corrected chi connectivity index (χ0v) is 12.2. The number of methoxy groups -OCH3 is 2. The van der Waals surface area contributed by atoms with E-state index in [9.17, 15) is 0 Å². The Morgan fingerprint density at radius 3 is 1.39 bits per heavy atom. The molecule has 18 heavy (non-hydrogen) atoms. The molecule has 0 bridgehead atoms. The van der Waals surface area contributed by atoms with E-state index in [0.29, 0.717) is 52.9 Å². The summed E-state index contributed by atoms with van der Waals surface area (Å²) in [5.41, 5.74) is 0. The van der Waals surface area contributed by atoms with Gasteiger partial charge in [0, 0.05) is 27.4 Å². The third-order valence-electron chi connectivity index (χ3n) is 1.77. The minimum atomic E-state index is -0.890. The van der Waals surface area contributed by atoms with E-state index in [4.69, 9.17) is 26.5 Å². The van der Waals surface area contributed by atoms with Crippen molar-refractivity contribution in [3.05, 3.63) is 0 Å². The van der Waals surface area contributed by atoms with E-state index < -0.39 is 15.9 Å². The second-order valence-corrected chi connectivity index (χ2v) is 4.20. The first kappa shape index (κ1) is 21.6. The Balaban J connectivity index is 0. The van der Waals surface area contributed by atoms with Gasteiger partial charge in [-0.3, -0.25) is 0 Å². The van der Waals surface area contributed by atoms with Crippen molar-refractivity contribution >= 4 is 45.4 Å². The van der Waals surface area contributed by atoms with E-state index in [-0.39, 0.29) is 29.6 Å². The van der Waals surface area contributed by atoms with Crippen molar-refractivity contribution in [1.29, 1.82) is 0 Å². The molecule has 0 rings (SSSR count). The van der Waals surface area contributed by atoms with Gasteiger partial charge in [0.2, 0.25) is 0 Å². The molecule has 0 aliphatic carbocycles. The average Bonchev–Trinajstić information content (AvgIpc) is 2.35. The van der Waals surface area contributed by atoms with Gasteiger partial charge in [-0.2, -0.15) is 0 Å². The summed E-state index contributed by atoms with van der Waals surface area (Å²) in [6.45, 7) is 4.79. The Kier molecular flexibility index (Phi) is 24.7. The standard InChI is InChI=1S/2C5H11O3.Al.Na.2H/c2*1-7-4-5-8-3-2-6;;;;/h2*2-5H2,1H3;;;;/q2*-1;+2;;;. The SMILES string of the molecule is COCCOCC[O][AlH][O]CCOCCOC.[NaH]. The molecule has 0 aromatic heterocycles. The van der Waals surface area contributed by atoms with Crippen LogP contribution in [-0.2, 0) is 26.5 Å². The van der Waals surface area contributed by atoms with Gasteiger partial charge in [-0.05, 0) is 0 Å². The van der Waals surface area contributed by atoms with Gasteiger partial charge in [0.1, 0.15) is 0 Å². The molecule has 0 saturated carbocycles. The Morgan fingerprint density at radius 2 is 1.00 bits per heavy atom. The summed E-state index contributed by atoms with van der Waals surface area (Å²) in [5, 5.41) is 0. The van der Waals surface area contributed by atoms with Crippen molar-refractivity contribution in [3.63, 3.8) is 0 Å². The summed E-state index contributed by atoms with van der Waals surface area (Å²) in [7, 11) is 3.30. The van der Waals surface area contributed by atoms with Gasteiger partial charge in [0.25, 0.3) is 0 Å². The van der Waals surface area contributed by atoms with Gasteiger partial charge in [0.05, 0.1) is 39.6 Å². The van der Waals surface area contributed by atoms with Crippen molar-refractivity contribution in [2.45, 2.75) is 0 Å². The Hall–Kier alpha value is 1.29. The molecule has 6 nitrogen and oxygen atoms in total. The first-order chi connectivity index (χ1) is 8.41. The van der Waals surface area contributed by atoms with Crippen LogP contribution in [0.25, 0.3) is 0 Å². The fourth-order valence-electron chi connectivity index (χ4n) is 0.901. The molecule has 0 unspecified atom stereocenters. The van der Waals surface area contributed by atoms with E-state index >= 15 is 0 Å². The molecule has 0 N–H and O–H groups in total. The third-order valence-corrected chi connectivity index (χ3v) is 2.68. The van der Waals surface area contributed by atoms with Crippen LogP contribution in [0.15, 0.2) is 0 Å². The van der Waals surface area contributed by atoms with Crippen LogP contribution in [0, 0.1) is 0 Å². The number of hydrogen-bond acceptors (Lipinski definition) is 6. The van der Waals surface area contributed by atoms with E-state index in [1.807, 2.05) is 0 Å². The van der Waals surface area contributed by atoms with Crippen LogP contribution in [-0.4, -0.2) is 113 Å². The zero-order valence-electron chi connectivity index (χ0n) is 10.8. The Morgan fingerprint density at radius 1 is 0.611 bits per heavy atom. The topological polar surface area (TPSA) is 55.4 Å². The van der Waals surface area contributed by atoms with E-state index in [2.05, 4.69) is 0 Å². The van der Waals surface area contributed by atoms with Crippen molar-refractivity contribution < 1.29 is 26.5 Å². The first-order valence-corrected chi connectivity index (χ1v) is 6.86. The molecule has 0 spiro atoms. The number of rotatable bonds is 14. The van der Waals surface area contributed by atoms with Gasteiger partial charge in [-0.1, -0.05) is 0 Å². The Labute approximate surface area is 138 Å². The molecule has 0 amide bonds. The summed E-state index contributed by atoms with van der Waals surface area (Å²) in [6.07, 6.45) is 0. The quantitative estimate of drug-likeness (QED) is 0.301. The molecular weight excluding hydrogens is 266 g/mol. The van der Waals surface area contributed by atoms with Crippen molar-refractivity contribution in [2.75, 3.05) is 67.1 Å². The second-order valence-electron chi connectivity index (χ2n) is 3.14. The van der Waals surface area contributed by atoms with Crippen LogP contribution < -0.4 is 0 Å². The monoisotopic (exact) mass is 290 g/mol. The van der Waals surface area contributed by atoms with Crippen LogP contribution in [0.1, 0.15) is 0 Å². The molecule has 0 aliphatic rings. The van der Waals surface area contributed by atoms with Crippen molar-refractivity contribution in [1.82, 2.24) is 0 Å². The van der Waals surface area contributed by atoms with Crippen molar-refractivity contribution in [2.24, 2.45) is 0 Å². The molecule has 0 saturated heterocycles. The molecule has 0 aliphatic heterocycles. The van der Waals surface area contributed by atoms with Gasteiger partial charge in [0.15, 0.2) is 0 Å². The summed E-state index contributed by atoms with van der Waals surface area (Å²) >= 11 is -0.890. The third kappa shape index (κ3) is 19.6. The molecule has 104 valence electrons. The predicted molar refractivity (Wildman–Crippen MR) is 71.6 cm³/mol. The molecule has 8 heteroatoms. The molecule has 0 fully saturated rings. The van der Waals surface area contributed by atoms with Gasteiger partial charge < -0.3 is 26.5 Å². The zero-order chi connectivity index (χ0) is 12.6. The minimum absolute atomic E-state index is 0. The van der Waals surface area contributed by atoms with Crippen LogP contribution in [0.4, 0.5) is 0 Å². The fourth-order valence-corrected chi connectivity index (χ4v) is 1.49. The van der Waals surface area contributed by atoms with Crippen LogP contribution in [0.5, 0.6) is 0 Å². The van der Waals surface area contributed by atoms with Gasteiger partial charge >= 0.3 is 45.4 Å². The van der Waals surface area contributed by atoms with Crippen LogP contribution >= 0.6 is 0 Å². The maximum absolute atomic E-state index is 5.31. The van der Waals surface area contributed by atoms with Crippen LogP contribution in [0.2, 0.25) is 0 Å². The van der Waals surface area contributed by atoms with E-state index in [0.717, 1.165) is 0 Å². The Bertz CT molecular complexity index is 130. The fraction of sp³-hybridized carbons (Fsp3) is 1.00. The molecule has 0 aromatic carbocycles. The average molecular weight is 290 g/mol. The van der Waals surface area contributed by atoms with E-state index in [1.54, 1.807) is 14.2 Å². The molecular formula is C10H24AlNaO6. The summed E-state index contributed by atoms with van der Waals surface area (Å²) in [5.74, 6) is 0. The van der Waals surface area contributed by atoms with E-state index in [1.165, 1.54) is 0 Å². The number of hydrogen-bond donors (Lipinski definition) is 0. The predicted octanol–water partition coefficient (Wildman–Crippen LogP) is -1.04. The number of ether oxygens (including phenoxy) is 4. The summed E-state index contributed by atoms with van der Waals surface area (Å²) in [6, 6.07) is 0. The second kappa shape index (κ2) is 20.6. The molecule has 0 heterocycles. The molecule has 0 radical (unpaired) electrons. The molecule has 0 atom stereocenters. The van der Waals surface area contributed by atoms with Gasteiger partial charge in [-0.15, -0.1) is 0 Å².